The number of aromatic nitrogens is 2. The summed E-state index contributed by atoms with van der Waals surface area (Å²) in [4.78, 5) is 0. The quantitative estimate of drug-likeness (QED) is 0.807. The predicted molar refractivity (Wildman–Crippen MR) is 51.7 cm³/mol. The third kappa shape index (κ3) is 1.75. The molecule has 0 unspecified atom stereocenters. The second-order valence-electron chi connectivity index (χ2n) is 2.95. The summed E-state index contributed by atoms with van der Waals surface area (Å²) in [7, 11) is 0. The number of aliphatic hydroxyl groups is 1. The van der Waals surface area contributed by atoms with Crippen molar-refractivity contribution in [3.05, 3.63) is 30.2 Å². The lowest BCUT2D eigenvalue weighted by atomic mass is 10.3. The maximum Gasteiger partial charge on any atom is 0.163 e. The van der Waals surface area contributed by atoms with E-state index in [2.05, 4.69) is 5.10 Å². The number of hydrogen-bond donors (Lipinski definition) is 1. The molecule has 5 nitrogen and oxygen atoms in total. The molecule has 2 rings (SSSR count). The SMILES string of the molecule is N#Cc1cc(-c2ccco2)n(CCO)n1. The molecular formula is C10H9N3O2. The molecule has 0 spiro atoms. The van der Waals surface area contributed by atoms with Crippen molar-refractivity contribution in [1.29, 1.82) is 5.26 Å². The zero-order valence-electron chi connectivity index (χ0n) is 7.92. The monoisotopic (exact) mass is 203 g/mol. The number of furan rings is 1. The van der Waals surface area contributed by atoms with Crippen LogP contribution in [0.25, 0.3) is 11.5 Å². The second kappa shape index (κ2) is 3.98. The Kier molecular flexibility index (Phi) is 2.52. The molecule has 0 fully saturated rings. The molecule has 1 N–H and O–H groups in total. The molecule has 2 heterocycles. The minimum atomic E-state index is -0.0275. The summed E-state index contributed by atoms with van der Waals surface area (Å²) in [5.41, 5.74) is 1.01. The van der Waals surface area contributed by atoms with Gasteiger partial charge in [0.15, 0.2) is 11.5 Å². The number of hydrogen-bond acceptors (Lipinski definition) is 4. The van der Waals surface area contributed by atoms with E-state index in [1.54, 1.807) is 29.1 Å². The van der Waals surface area contributed by atoms with Crippen LogP contribution < -0.4 is 0 Å². The molecule has 0 aliphatic heterocycles. The Hall–Kier alpha value is -2.06. The first-order valence-electron chi connectivity index (χ1n) is 4.48. The van der Waals surface area contributed by atoms with Gasteiger partial charge in [0.2, 0.25) is 0 Å². The van der Waals surface area contributed by atoms with Crippen LogP contribution in [0, 0.1) is 11.3 Å². The Morgan fingerprint density at radius 1 is 1.60 bits per heavy atom. The van der Waals surface area contributed by atoms with E-state index in [4.69, 9.17) is 14.8 Å². The predicted octanol–water partition coefficient (Wildman–Crippen LogP) is 1.01. The molecule has 2 aromatic heterocycles. The fraction of sp³-hybridized carbons (Fsp3) is 0.200. The molecule has 0 saturated heterocycles. The molecule has 0 radical (unpaired) electrons. The van der Waals surface area contributed by atoms with Crippen LogP contribution in [0.1, 0.15) is 5.69 Å². The van der Waals surface area contributed by atoms with Gasteiger partial charge in [0.1, 0.15) is 11.8 Å². The highest BCUT2D eigenvalue weighted by Crippen LogP contribution is 2.20. The normalized spacial score (nSPS) is 10.1. The van der Waals surface area contributed by atoms with E-state index in [1.165, 1.54) is 0 Å². The van der Waals surface area contributed by atoms with Gasteiger partial charge >= 0.3 is 0 Å². The molecule has 0 saturated carbocycles. The number of nitrogens with zero attached hydrogens (tertiary/aromatic N) is 3. The fourth-order valence-electron chi connectivity index (χ4n) is 1.36. The highest BCUT2D eigenvalue weighted by atomic mass is 16.3. The fourth-order valence-corrected chi connectivity index (χ4v) is 1.36. The number of nitriles is 1. The van der Waals surface area contributed by atoms with E-state index in [0.717, 1.165) is 0 Å². The van der Waals surface area contributed by atoms with Gasteiger partial charge in [-0.15, -0.1) is 0 Å². The molecule has 5 heteroatoms. The molecular weight excluding hydrogens is 194 g/mol. The van der Waals surface area contributed by atoms with E-state index < -0.39 is 0 Å². The maximum atomic E-state index is 8.85. The lowest BCUT2D eigenvalue weighted by Gasteiger charge is -2.01. The van der Waals surface area contributed by atoms with E-state index >= 15 is 0 Å². The van der Waals surface area contributed by atoms with Gasteiger partial charge in [0, 0.05) is 6.07 Å². The molecule has 0 atom stereocenters. The van der Waals surface area contributed by atoms with E-state index in [9.17, 15) is 0 Å². The van der Waals surface area contributed by atoms with E-state index in [-0.39, 0.29) is 6.61 Å². The minimum Gasteiger partial charge on any atom is -0.463 e. The van der Waals surface area contributed by atoms with E-state index in [1.807, 2.05) is 6.07 Å². The van der Waals surface area contributed by atoms with Gasteiger partial charge in [0.25, 0.3) is 0 Å². The molecule has 0 bridgehead atoms. The van der Waals surface area contributed by atoms with Crippen LogP contribution >= 0.6 is 0 Å². The lowest BCUT2D eigenvalue weighted by molar-refractivity contribution is 0.270. The summed E-state index contributed by atoms with van der Waals surface area (Å²) in [6.45, 7) is 0.317. The Balaban J connectivity index is 2.45. The molecule has 76 valence electrons. The van der Waals surface area contributed by atoms with Gasteiger partial charge < -0.3 is 9.52 Å². The van der Waals surface area contributed by atoms with Gasteiger partial charge in [-0.25, -0.2) is 0 Å². The zero-order chi connectivity index (χ0) is 10.7. The van der Waals surface area contributed by atoms with Crippen LogP contribution in [-0.2, 0) is 6.54 Å². The van der Waals surface area contributed by atoms with Crippen LogP contribution in [0.2, 0.25) is 0 Å². The summed E-state index contributed by atoms with van der Waals surface area (Å²) >= 11 is 0. The second-order valence-corrected chi connectivity index (χ2v) is 2.95. The van der Waals surface area contributed by atoms with Gasteiger partial charge in [0.05, 0.1) is 19.4 Å². The van der Waals surface area contributed by atoms with Crippen LogP contribution in [0.4, 0.5) is 0 Å². The van der Waals surface area contributed by atoms with Crippen molar-refractivity contribution < 1.29 is 9.52 Å². The highest BCUT2D eigenvalue weighted by molar-refractivity contribution is 5.54. The largest absolute Gasteiger partial charge is 0.463 e. The van der Waals surface area contributed by atoms with Crippen LogP contribution in [-0.4, -0.2) is 21.5 Å². The Bertz CT molecular complexity index is 479. The minimum absolute atomic E-state index is 0.0275. The Labute approximate surface area is 86.2 Å². The molecule has 2 aromatic rings. The molecule has 0 aliphatic carbocycles. The zero-order valence-corrected chi connectivity index (χ0v) is 7.92. The average molecular weight is 203 g/mol. The molecule has 0 aliphatic rings. The summed E-state index contributed by atoms with van der Waals surface area (Å²) < 4.78 is 6.77. The van der Waals surface area contributed by atoms with Crippen LogP contribution in [0.5, 0.6) is 0 Å². The Morgan fingerprint density at radius 2 is 2.47 bits per heavy atom. The maximum absolute atomic E-state index is 8.85. The summed E-state index contributed by atoms with van der Waals surface area (Å²) in [5, 5.41) is 21.6. The summed E-state index contributed by atoms with van der Waals surface area (Å²) in [6.07, 6.45) is 1.55. The molecule has 0 aromatic carbocycles. The van der Waals surface area contributed by atoms with Crippen LogP contribution in [0.15, 0.2) is 28.9 Å². The number of rotatable bonds is 3. The van der Waals surface area contributed by atoms with Crippen molar-refractivity contribution in [2.75, 3.05) is 6.61 Å². The molecule has 0 amide bonds. The first kappa shape index (κ1) is 9.49. The highest BCUT2D eigenvalue weighted by Gasteiger charge is 2.11. The first-order valence-corrected chi connectivity index (χ1v) is 4.48. The summed E-state index contributed by atoms with van der Waals surface area (Å²) in [5.74, 6) is 0.637. The average Bonchev–Trinajstić information content (AvgIpc) is 2.85. The van der Waals surface area contributed by atoms with E-state index in [0.29, 0.717) is 23.7 Å². The molecule has 15 heavy (non-hydrogen) atoms. The van der Waals surface area contributed by atoms with Gasteiger partial charge in [-0.2, -0.15) is 10.4 Å². The third-order valence-electron chi connectivity index (χ3n) is 1.98. The standard InChI is InChI=1S/C10H9N3O2/c11-7-8-6-9(10-2-1-5-15-10)13(12-8)3-4-14/h1-2,5-6,14H,3-4H2. The van der Waals surface area contributed by atoms with Crippen LogP contribution in [0.3, 0.4) is 0 Å². The van der Waals surface area contributed by atoms with Gasteiger partial charge in [-0.3, -0.25) is 4.68 Å². The number of aliphatic hydroxyl groups excluding tert-OH is 1. The smallest absolute Gasteiger partial charge is 0.163 e. The van der Waals surface area contributed by atoms with Crippen molar-refractivity contribution in [3.8, 4) is 17.5 Å². The van der Waals surface area contributed by atoms with Crippen molar-refractivity contribution in [3.63, 3.8) is 0 Å². The van der Waals surface area contributed by atoms with Gasteiger partial charge in [-0.05, 0) is 12.1 Å². The van der Waals surface area contributed by atoms with Crippen molar-refractivity contribution in [1.82, 2.24) is 9.78 Å². The van der Waals surface area contributed by atoms with Gasteiger partial charge in [-0.1, -0.05) is 0 Å². The first-order chi connectivity index (χ1) is 7.35. The van der Waals surface area contributed by atoms with Crippen molar-refractivity contribution in [2.24, 2.45) is 0 Å². The Morgan fingerprint density at radius 3 is 3.07 bits per heavy atom. The van der Waals surface area contributed by atoms with Crippen molar-refractivity contribution >= 4 is 0 Å². The summed E-state index contributed by atoms with van der Waals surface area (Å²) in [6, 6.07) is 7.13. The van der Waals surface area contributed by atoms with Crippen molar-refractivity contribution in [2.45, 2.75) is 6.54 Å². The lowest BCUT2D eigenvalue weighted by Crippen LogP contribution is -2.05. The third-order valence-corrected chi connectivity index (χ3v) is 1.98. The topological polar surface area (TPSA) is 75.0 Å².